The first-order chi connectivity index (χ1) is 24.1. The second kappa shape index (κ2) is 39.8. The van der Waals surface area contributed by atoms with Gasteiger partial charge >= 0.3 is 5.97 Å². The number of rotatable bonds is 41. The summed E-state index contributed by atoms with van der Waals surface area (Å²) in [5, 5.41) is 3.63. The second-order valence-corrected chi connectivity index (χ2v) is 15.3. The maximum atomic E-state index is 12.8. The molecule has 0 saturated heterocycles. The molecule has 2 atom stereocenters. The van der Waals surface area contributed by atoms with E-state index in [9.17, 15) is 4.79 Å². The van der Waals surface area contributed by atoms with Crippen LogP contribution in [0.15, 0.2) is 12.3 Å². The van der Waals surface area contributed by atoms with Crippen molar-refractivity contribution in [2.45, 2.75) is 233 Å². The molecule has 0 spiro atoms. The predicted molar refractivity (Wildman–Crippen MR) is 216 cm³/mol. The number of hydrogen-bond acceptors (Lipinski definition) is 4. The summed E-state index contributed by atoms with van der Waals surface area (Å²) < 4.78 is 12.0. The molecule has 0 rings (SSSR count). The van der Waals surface area contributed by atoms with Crippen molar-refractivity contribution in [2.24, 2.45) is 11.8 Å². The summed E-state index contributed by atoms with van der Waals surface area (Å²) >= 11 is 0. The summed E-state index contributed by atoms with van der Waals surface area (Å²) in [5.74, 6) is 1.82. The lowest BCUT2D eigenvalue weighted by Crippen LogP contribution is -2.19. The zero-order valence-corrected chi connectivity index (χ0v) is 34.0. The Labute approximate surface area is 308 Å². The molecule has 0 aliphatic heterocycles. The molecule has 0 bridgehead atoms. The van der Waals surface area contributed by atoms with Gasteiger partial charge in [-0.2, -0.15) is 0 Å². The number of nitrogens with one attached hydrogen (secondary N) is 1. The lowest BCUT2D eigenvalue weighted by atomic mass is 9.93. The highest BCUT2D eigenvalue weighted by Crippen LogP contribution is 2.26. The molecule has 4 heteroatoms. The van der Waals surface area contributed by atoms with E-state index < -0.39 is 0 Å². The van der Waals surface area contributed by atoms with Crippen LogP contribution in [-0.4, -0.2) is 32.3 Å². The highest BCUT2D eigenvalue weighted by molar-refractivity contribution is 5.72. The quantitative estimate of drug-likeness (QED) is 0.0394. The van der Waals surface area contributed by atoms with Crippen molar-refractivity contribution >= 4 is 5.97 Å². The van der Waals surface area contributed by atoms with E-state index >= 15 is 0 Å². The van der Waals surface area contributed by atoms with E-state index in [4.69, 9.17) is 9.47 Å². The average molecular weight is 692 g/mol. The van der Waals surface area contributed by atoms with Gasteiger partial charge in [0.1, 0.15) is 0 Å². The Balaban J connectivity index is 3.88. The van der Waals surface area contributed by atoms with Crippen LogP contribution in [0.2, 0.25) is 0 Å². The summed E-state index contributed by atoms with van der Waals surface area (Å²) in [5.41, 5.74) is 0. The van der Waals surface area contributed by atoms with Crippen LogP contribution in [0.25, 0.3) is 0 Å². The van der Waals surface area contributed by atoms with E-state index in [0.717, 1.165) is 57.6 Å². The van der Waals surface area contributed by atoms with E-state index in [0.29, 0.717) is 12.5 Å². The number of carbonyl (C=O) groups excluding carboxylic acids is 1. The number of esters is 1. The first-order valence-corrected chi connectivity index (χ1v) is 22.3. The highest BCUT2D eigenvalue weighted by atomic mass is 16.5. The summed E-state index contributed by atoms with van der Waals surface area (Å²) in [6.45, 7) is 17.1. The van der Waals surface area contributed by atoms with Crippen LogP contribution in [0.1, 0.15) is 233 Å². The normalized spacial score (nSPS) is 12.7. The molecule has 0 amide bonds. The van der Waals surface area contributed by atoms with Gasteiger partial charge < -0.3 is 14.8 Å². The Bertz CT molecular complexity index is 624. The maximum absolute atomic E-state index is 12.8. The zero-order valence-electron chi connectivity index (χ0n) is 34.0. The van der Waals surface area contributed by atoms with Crippen LogP contribution in [0.4, 0.5) is 0 Å². The number of carbonyl (C=O) groups is 1. The van der Waals surface area contributed by atoms with Gasteiger partial charge in [0.25, 0.3) is 0 Å². The summed E-state index contributed by atoms with van der Waals surface area (Å²) in [6.07, 6.45) is 40.1. The lowest BCUT2D eigenvalue weighted by Gasteiger charge is -2.20. The Morgan fingerprint density at radius 1 is 0.429 bits per heavy atom. The minimum Gasteiger partial charge on any atom is -0.498 e. The van der Waals surface area contributed by atoms with Gasteiger partial charge in [0.05, 0.1) is 24.9 Å². The average Bonchev–Trinajstić information content (AvgIpc) is 3.10. The molecule has 1 N–H and O–H groups in total. The van der Waals surface area contributed by atoms with Gasteiger partial charge in [0.2, 0.25) is 0 Å². The van der Waals surface area contributed by atoms with Crippen LogP contribution >= 0.6 is 0 Å². The van der Waals surface area contributed by atoms with E-state index in [-0.39, 0.29) is 11.9 Å². The summed E-state index contributed by atoms with van der Waals surface area (Å²) in [4.78, 5) is 12.8. The maximum Gasteiger partial charge on any atom is 0.308 e. The third-order valence-corrected chi connectivity index (χ3v) is 10.4. The Hall–Kier alpha value is -1.03. The second-order valence-electron chi connectivity index (χ2n) is 15.3. The van der Waals surface area contributed by atoms with Crippen LogP contribution in [0, 0.1) is 11.8 Å². The molecule has 0 fully saturated rings. The molecule has 4 nitrogen and oxygen atoms in total. The zero-order chi connectivity index (χ0) is 35.9. The Morgan fingerprint density at radius 3 is 1.20 bits per heavy atom. The minimum absolute atomic E-state index is 0.0775. The van der Waals surface area contributed by atoms with Crippen molar-refractivity contribution < 1.29 is 14.3 Å². The Kier molecular flexibility index (Phi) is 38.9. The third kappa shape index (κ3) is 33.9. The molecule has 0 aromatic carbocycles. The van der Waals surface area contributed by atoms with Crippen LogP contribution in [0.5, 0.6) is 0 Å². The van der Waals surface area contributed by atoms with Gasteiger partial charge in [-0.15, -0.1) is 0 Å². The monoisotopic (exact) mass is 692 g/mol. The molecule has 0 heterocycles. The summed E-state index contributed by atoms with van der Waals surface area (Å²) in [6, 6.07) is 0. The van der Waals surface area contributed by atoms with Crippen molar-refractivity contribution in [3.63, 3.8) is 0 Å². The van der Waals surface area contributed by atoms with Crippen LogP contribution in [-0.2, 0) is 14.3 Å². The molecular formula is C45H89NO3. The van der Waals surface area contributed by atoms with Crippen molar-refractivity contribution in [2.75, 3.05) is 26.3 Å². The third-order valence-electron chi connectivity index (χ3n) is 10.4. The van der Waals surface area contributed by atoms with E-state index in [2.05, 4.69) is 39.6 Å². The van der Waals surface area contributed by atoms with Gasteiger partial charge in [0, 0.05) is 5.92 Å². The van der Waals surface area contributed by atoms with Crippen molar-refractivity contribution in [3.8, 4) is 0 Å². The minimum atomic E-state index is 0.0775. The van der Waals surface area contributed by atoms with Crippen molar-refractivity contribution in [1.82, 2.24) is 5.32 Å². The molecule has 0 aliphatic rings. The van der Waals surface area contributed by atoms with Crippen LogP contribution in [0.3, 0.4) is 0 Å². The summed E-state index contributed by atoms with van der Waals surface area (Å²) in [7, 11) is 0. The van der Waals surface area contributed by atoms with Crippen molar-refractivity contribution in [3.05, 3.63) is 12.3 Å². The molecule has 0 radical (unpaired) electrons. The number of allylic oxidation sites excluding steroid dienone is 1. The van der Waals surface area contributed by atoms with Gasteiger partial charge in [0.15, 0.2) is 0 Å². The molecule has 0 saturated carbocycles. The van der Waals surface area contributed by atoms with Crippen molar-refractivity contribution in [1.29, 1.82) is 0 Å². The number of ether oxygens (including phenoxy) is 2. The molecule has 0 aromatic heterocycles. The SMILES string of the molecule is C=C(OCCCCCCNCCCCCCOC(=O)C(CCCCCC)CCCCCCCC)C(CCCCCC)CCCCCCCC. The first kappa shape index (κ1) is 48.0. The molecule has 49 heavy (non-hydrogen) atoms. The van der Waals surface area contributed by atoms with E-state index in [1.54, 1.807) is 0 Å². The van der Waals surface area contributed by atoms with E-state index in [1.807, 2.05) is 0 Å². The predicted octanol–water partition coefficient (Wildman–Crippen LogP) is 14.4. The first-order valence-electron chi connectivity index (χ1n) is 22.3. The van der Waals surface area contributed by atoms with Gasteiger partial charge in [-0.1, -0.05) is 188 Å². The fourth-order valence-electron chi connectivity index (χ4n) is 6.97. The van der Waals surface area contributed by atoms with E-state index in [1.165, 1.54) is 173 Å². The van der Waals surface area contributed by atoms with Gasteiger partial charge in [-0.05, 0) is 64.5 Å². The smallest absolute Gasteiger partial charge is 0.308 e. The molecule has 0 aromatic rings. The van der Waals surface area contributed by atoms with Gasteiger partial charge in [-0.25, -0.2) is 0 Å². The van der Waals surface area contributed by atoms with Gasteiger partial charge in [-0.3, -0.25) is 4.79 Å². The van der Waals surface area contributed by atoms with Crippen LogP contribution < -0.4 is 5.32 Å². The molecule has 292 valence electrons. The highest BCUT2D eigenvalue weighted by Gasteiger charge is 2.19. The standard InChI is InChI=1S/C45H89NO3/c1-6-10-14-18-20-28-35-43(34-26-16-12-8-3)42(5)48-40-32-24-22-30-38-46-39-31-23-25-33-41-49-45(47)44(36-27-17-13-9-4)37-29-21-19-15-11-7-2/h43-44,46H,5-41H2,1-4H3. The molecule has 2 unspecified atom stereocenters. The Morgan fingerprint density at radius 2 is 0.755 bits per heavy atom. The lowest BCUT2D eigenvalue weighted by molar-refractivity contribution is -0.149. The molecule has 0 aliphatic carbocycles. The topological polar surface area (TPSA) is 47.6 Å². The fourth-order valence-corrected chi connectivity index (χ4v) is 6.97. The molecular weight excluding hydrogens is 602 g/mol. The largest absolute Gasteiger partial charge is 0.498 e. The fraction of sp³-hybridized carbons (Fsp3) is 0.933. The number of hydrogen-bond donors (Lipinski definition) is 1. The number of unbranched alkanes of at least 4 members (excludes halogenated alkanes) is 22.